The van der Waals surface area contributed by atoms with Crippen LogP contribution in [0.4, 0.5) is 23.7 Å². The predicted molar refractivity (Wildman–Crippen MR) is 121 cm³/mol. The Bertz CT molecular complexity index is 1020. The third-order valence-corrected chi connectivity index (χ3v) is 5.07. The highest BCUT2D eigenvalue weighted by Crippen LogP contribution is 2.36. The fourth-order valence-corrected chi connectivity index (χ4v) is 4.19. The van der Waals surface area contributed by atoms with Gasteiger partial charge in [0.15, 0.2) is 0 Å². The Labute approximate surface area is 198 Å². The van der Waals surface area contributed by atoms with E-state index < -0.39 is 17.8 Å². The molecule has 1 N–H and O–H groups in total. The Morgan fingerprint density at radius 1 is 1.19 bits per heavy atom. The van der Waals surface area contributed by atoms with Crippen molar-refractivity contribution in [2.75, 3.05) is 11.9 Å². The van der Waals surface area contributed by atoms with Crippen molar-refractivity contribution >= 4 is 60.9 Å². The molecule has 1 heterocycles. The molecule has 31 heavy (non-hydrogen) atoms. The minimum Gasteiger partial charge on any atom is -0.406 e. The van der Waals surface area contributed by atoms with Gasteiger partial charge in [0.25, 0.3) is 0 Å². The second-order valence-corrected chi connectivity index (χ2v) is 10.1. The third kappa shape index (κ3) is 6.24. The zero-order valence-electron chi connectivity index (χ0n) is 15.9. The van der Waals surface area contributed by atoms with Crippen LogP contribution in [0.15, 0.2) is 63.1 Å². The highest BCUT2D eigenvalue weighted by atomic mass is 79.9. The minimum absolute atomic E-state index is 0.243. The van der Waals surface area contributed by atoms with Crippen LogP contribution in [0.25, 0.3) is 0 Å². The summed E-state index contributed by atoms with van der Waals surface area (Å²) >= 11 is 12.7. The standard InChI is InChI=1S/C20H15Br2ClF3N3O2/c1-19(10-16(21)22)11-29(28-17(19)12-2-4-13(23)5-3-12)18(30)27-14-6-8-15(9-7-14)31-20(24,25)26/h2-10H,11H2,1H3,(H,27,30). The number of ether oxygens (including phenoxy) is 1. The van der Waals surface area contributed by atoms with Gasteiger partial charge in [0, 0.05) is 10.7 Å². The van der Waals surface area contributed by atoms with Gasteiger partial charge >= 0.3 is 12.4 Å². The maximum Gasteiger partial charge on any atom is 0.573 e. The molecule has 0 radical (unpaired) electrons. The quantitative estimate of drug-likeness (QED) is 0.418. The van der Waals surface area contributed by atoms with E-state index in [0.29, 0.717) is 19.8 Å². The van der Waals surface area contributed by atoms with Crippen molar-refractivity contribution in [2.24, 2.45) is 10.5 Å². The summed E-state index contributed by atoms with van der Waals surface area (Å²) in [6.07, 6.45) is -2.90. The zero-order chi connectivity index (χ0) is 22.8. The van der Waals surface area contributed by atoms with Crippen LogP contribution < -0.4 is 10.1 Å². The number of benzene rings is 2. The van der Waals surface area contributed by atoms with Crippen LogP contribution >= 0.6 is 43.5 Å². The molecule has 0 bridgehead atoms. The number of rotatable bonds is 4. The SMILES string of the molecule is CC1(C=C(Br)Br)CN(C(=O)Nc2ccc(OC(F)(F)F)cc2)N=C1c1ccc(Cl)cc1. The van der Waals surface area contributed by atoms with Gasteiger partial charge in [-0.25, -0.2) is 9.80 Å². The second-order valence-electron chi connectivity index (χ2n) is 6.87. The van der Waals surface area contributed by atoms with Crippen molar-refractivity contribution in [1.29, 1.82) is 0 Å². The second kappa shape index (κ2) is 9.22. The first-order valence-electron chi connectivity index (χ1n) is 8.78. The summed E-state index contributed by atoms with van der Waals surface area (Å²) in [4.78, 5) is 12.8. The first kappa shape index (κ1) is 23.6. The molecule has 3 rings (SSSR count). The smallest absolute Gasteiger partial charge is 0.406 e. The molecular formula is C20H15Br2ClF3N3O2. The Morgan fingerprint density at radius 2 is 1.81 bits per heavy atom. The maximum atomic E-state index is 12.8. The van der Waals surface area contributed by atoms with Crippen molar-refractivity contribution in [3.63, 3.8) is 0 Å². The molecule has 1 aliphatic heterocycles. The van der Waals surface area contributed by atoms with E-state index in [4.69, 9.17) is 11.6 Å². The summed E-state index contributed by atoms with van der Waals surface area (Å²) < 4.78 is 41.4. The van der Waals surface area contributed by atoms with E-state index in [1.807, 2.05) is 25.1 Å². The fraction of sp³-hybridized carbons (Fsp3) is 0.200. The lowest BCUT2D eigenvalue weighted by Crippen LogP contribution is -2.34. The van der Waals surface area contributed by atoms with Gasteiger partial charge < -0.3 is 10.1 Å². The molecule has 5 nitrogen and oxygen atoms in total. The van der Waals surface area contributed by atoms with Crippen LogP contribution in [0.2, 0.25) is 5.02 Å². The van der Waals surface area contributed by atoms with Crippen LogP contribution in [-0.4, -0.2) is 29.7 Å². The summed E-state index contributed by atoms with van der Waals surface area (Å²) in [5.74, 6) is -0.380. The van der Waals surface area contributed by atoms with E-state index in [1.165, 1.54) is 17.1 Å². The van der Waals surface area contributed by atoms with Gasteiger partial charge in [0.05, 0.1) is 21.1 Å². The topological polar surface area (TPSA) is 53.9 Å². The molecule has 0 aromatic heterocycles. The molecule has 11 heteroatoms. The van der Waals surface area contributed by atoms with Gasteiger partial charge in [0.1, 0.15) is 5.75 Å². The van der Waals surface area contributed by atoms with Gasteiger partial charge in [-0.15, -0.1) is 13.2 Å². The lowest BCUT2D eigenvalue weighted by molar-refractivity contribution is -0.274. The fourth-order valence-electron chi connectivity index (χ4n) is 3.05. The van der Waals surface area contributed by atoms with Gasteiger partial charge in [-0.05, 0) is 86.8 Å². The number of hydrogen-bond donors (Lipinski definition) is 1. The van der Waals surface area contributed by atoms with Gasteiger partial charge in [-0.3, -0.25) is 0 Å². The average molecular weight is 582 g/mol. The molecule has 0 saturated carbocycles. The van der Waals surface area contributed by atoms with Gasteiger partial charge in [0.2, 0.25) is 0 Å². The summed E-state index contributed by atoms with van der Waals surface area (Å²) in [5, 5.41) is 8.96. The third-order valence-electron chi connectivity index (χ3n) is 4.36. The molecule has 1 atom stereocenters. The van der Waals surface area contributed by atoms with Crippen LogP contribution in [0.5, 0.6) is 5.75 Å². The van der Waals surface area contributed by atoms with Crippen LogP contribution in [0, 0.1) is 5.41 Å². The number of nitrogens with zero attached hydrogens (tertiary/aromatic N) is 2. The molecule has 0 aliphatic carbocycles. The van der Waals surface area contributed by atoms with Crippen molar-refractivity contribution in [3.05, 3.63) is 68.6 Å². The number of halogens is 6. The zero-order valence-corrected chi connectivity index (χ0v) is 19.8. The monoisotopic (exact) mass is 579 g/mol. The number of nitrogens with one attached hydrogen (secondary N) is 1. The Morgan fingerprint density at radius 3 is 2.35 bits per heavy atom. The summed E-state index contributed by atoms with van der Waals surface area (Å²) in [5.41, 5.74) is 1.14. The summed E-state index contributed by atoms with van der Waals surface area (Å²) in [6, 6.07) is 11.4. The number of hydrazone groups is 1. The summed E-state index contributed by atoms with van der Waals surface area (Å²) in [7, 11) is 0. The molecule has 2 aromatic carbocycles. The molecule has 2 amide bonds. The Balaban J connectivity index is 1.81. The van der Waals surface area contributed by atoms with E-state index in [2.05, 4.69) is 47.0 Å². The Kier molecular flexibility index (Phi) is 7.02. The number of carbonyl (C=O) groups excluding carboxylic acids is 1. The van der Waals surface area contributed by atoms with Crippen LogP contribution in [-0.2, 0) is 0 Å². The molecule has 0 spiro atoms. The van der Waals surface area contributed by atoms with Gasteiger partial charge in [-0.2, -0.15) is 5.10 Å². The van der Waals surface area contributed by atoms with Crippen LogP contribution in [0.1, 0.15) is 12.5 Å². The van der Waals surface area contributed by atoms with Gasteiger partial charge in [-0.1, -0.05) is 23.7 Å². The predicted octanol–water partition coefficient (Wildman–Crippen LogP) is 7.13. The summed E-state index contributed by atoms with van der Waals surface area (Å²) in [6.45, 7) is 2.17. The van der Waals surface area contributed by atoms with Crippen molar-refractivity contribution in [2.45, 2.75) is 13.3 Å². The lowest BCUT2D eigenvalue weighted by Gasteiger charge is -2.23. The van der Waals surface area contributed by atoms with Crippen molar-refractivity contribution in [3.8, 4) is 5.75 Å². The van der Waals surface area contributed by atoms with Crippen molar-refractivity contribution in [1.82, 2.24) is 5.01 Å². The number of anilines is 1. The molecule has 1 aliphatic rings. The highest BCUT2D eigenvalue weighted by molar-refractivity contribution is 9.28. The number of alkyl halides is 3. The number of urea groups is 1. The normalized spacial score (nSPS) is 18.4. The average Bonchev–Trinajstić information content (AvgIpc) is 2.99. The molecule has 164 valence electrons. The Hall–Kier alpha value is -2.04. The minimum atomic E-state index is -4.78. The lowest BCUT2D eigenvalue weighted by atomic mass is 9.82. The number of carbonyl (C=O) groups is 1. The highest BCUT2D eigenvalue weighted by Gasteiger charge is 2.40. The molecule has 1 unspecified atom stereocenters. The molecule has 0 saturated heterocycles. The first-order valence-corrected chi connectivity index (χ1v) is 10.7. The maximum absolute atomic E-state index is 12.8. The van der Waals surface area contributed by atoms with E-state index in [0.717, 1.165) is 17.7 Å². The molecular weight excluding hydrogens is 566 g/mol. The van der Waals surface area contributed by atoms with E-state index >= 15 is 0 Å². The van der Waals surface area contributed by atoms with E-state index in [9.17, 15) is 18.0 Å². The van der Waals surface area contributed by atoms with Crippen LogP contribution in [0.3, 0.4) is 0 Å². The number of hydrogen-bond acceptors (Lipinski definition) is 3. The van der Waals surface area contributed by atoms with Crippen molar-refractivity contribution < 1.29 is 22.7 Å². The number of amides is 2. The van der Waals surface area contributed by atoms with E-state index in [1.54, 1.807) is 12.1 Å². The van der Waals surface area contributed by atoms with E-state index in [-0.39, 0.29) is 12.3 Å². The largest absolute Gasteiger partial charge is 0.573 e. The molecule has 0 fully saturated rings. The molecule has 2 aromatic rings. The first-order chi connectivity index (χ1) is 14.4.